The molecule has 0 bridgehead atoms. The van der Waals surface area contributed by atoms with Gasteiger partial charge in [-0.25, -0.2) is 0 Å². The first-order valence-corrected chi connectivity index (χ1v) is 5.52. The average molecular weight is 273 g/mol. The Labute approximate surface area is 113 Å². The van der Waals surface area contributed by atoms with Crippen LogP contribution in [0.2, 0.25) is 0 Å². The second-order valence-corrected chi connectivity index (χ2v) is 3.85. The van der Waals surface area contributed by atoms with Crippen LogP contribution in [-0.4, -0.2) is 17.0 Å². The van der Waals surface area contributed by atoms with Gasteiger partial charge in [-0.05, 0) is 6.07 Å². The van der Waals surface area contributed by atoms with Crippen LogP contribution in [0.15, 0.2) is 36.4 Å². The summed E-state index contributed by atoms with van der Waals surface area (Å²) in [6, 6.07) is 11.2. The summed E-state index contributed by atoms with van der Waals surface area (Å²) in [4.78, 5) is 20.4. The second-order valence-electron chi connectivity index (χ2n) is 3.85. The first kappa shape index (κ1) is 13.5. The SMILES string of the molecule is COc1cc([N+](=O)[O-])ccc1-c1[c]c([N+](=O)[O-])ccc1. The maximum absolute atomic E-state index is 10.7. The van der Waals surface area contributed by atoms with Gasteiger partial charge in [-0.1, -0.05) is 12.1 Å². The van der Waals surface area contributed by atoms with E-state index in [1.807, 2.05) is 0 Å². The fourth-order valence-corrected chi connectivity index (χ4v) is 1.74. The number of ether oxygens (including phenoxy) is 1. The van der Waals surface area contributed by atoms with Crippen molar-refractivity contribution in [3.05, 3.63) is 62.7 Å². The number of nitro benzene ring substituents is 2. The molecule has 0 saturated carbocycles. The van der Waals surface area contributed by atoms with Crippen molar-refractivity contribution in [3.8, 4) is 16.9 Å². The lowest BCUT2D eigenvalue weighted by molar-refractivity contribution is -0.385. The summed E-state index contributed by atoms with van der Waals surface area (Å²) in [5, 5.41) is 21.4. The number of methoxy groups -OCH3 is 1. The number of rotatable bonds is 4. The van der Waals surface area contributed by atoms with Gasteiger partial charge >= 0.3 is 0 Å². The van der Waals surface area contributed by atoms with Gasteiger partial charge < -0.3 is 4.74 Å². The average Bonchev–Trinajstić information content (AvgIpc) is 2.46. The third kappa shape index (κ3) is 2.56. The number of nitrogens with zero attached hydrogens (tertiary/aromatic N) is 2. The molecule has 0 aliphatic heterocycles. The van der Waals surface area contributed by atoms with Crippen LogP contribution in [0.5, 0.6) is 5.75 Å². The van der Waals surface area contributed by atoms with Crippen LogP contribution in [0.3, 0.4) is 0 Å². The van der Waals surface area contributed by atoms with Crippen molar-refractivity contribution in [3.63, 3.8) is 0 Å². The van der Waals surface area contributed by atoms with Gasteiger partial charge in [0, 0.05) is 23.3 Å². The van der Waals surface area contributed by atoms with Crippen molar-refractivity contribution < 1.29 is 14.6 Å². The predicted molar refractivity (Wildman–Crippen MR) is 70.6 cm³/mol. The summed E-state index contributed by atoms with van der Waals surface area (Å²) in [6.45, 7) is 0. The normalized spacial score (nSPS) is 10.1. The molecular formula is C13H9N2O5. The largest absolute Gasteiger partial charge is 0.496 e. The van der Waals surface area contributed by atoms with Gasteiger partial charge in [-0.2, -0.15) is 0 Å². The Bertz CT molecular complexity index is 684. The van der Waals surface area contributed by atoms with Crippen LogP contribution in [0.4, 0.5) is 11.4 Å². The van der Waals surface area contributed by atoms with Crippen molar-refractivity contribution >= 4 is 11.4 Å². The molecule has 2 rings (SSSR count). The van der Waals surface area contributed by atoms with Crippen LogP contribution in [-0.2, 0) is 0 Å². The van der Waals surface area contributed by atoms with E-state index in [0.29, 0.717) is 11.1 Å². The van der Waals surface area contributed by atoms with Crippen molar-refractivity contribution in [2.45, 2.75) is 0 Å². The molecule has 0 aliphatic carbocycles. The minimum atomic E-state index is -0.554. The van der Waals surface area contributed by atoms with Crippen LogP contribution in [0, 0.1) is 26.3 Å². The molecule has 101 valence electrons. The molecule has 0 fully saturated rings. The maximum Gasteiger partial charge on any atom is 0.278 e. The van der Waals surface area contributed by atoms with E-state index in [0.717, 1.165) is 0 Å². The van der Waals surface area contributed by atoms with Crippen molar-refractivity contribution in [2.75, 3.05) is 7.11 Å². The molecule has 0 N–H and O–H groups in total. The molecule has 0 amide bonds. The van der Waals surface area contributed by atoms with Crippen LogP contribution in [0.25, 0.3) is 11.1 Å². The van der Waals surface area contributed by atoms with E-state index in [1.54, 1.807) is 6.07 Å². The summed E-state index contributed by atoms with van der Waals surface area (Å²) >= 11 is 0. The molecule has 0 atom stereocenters. The molecule has 2 aromatic rings. The summed E-state index contributed by atoms with van der Waals surface area (Å²) in [7, 11) is 1.37. The predicted octanol–water partition coefficient (Wildman–Crippen LogP) is 2.98. The topological polar surface area (TPSA) is 95.5 Å². The Morgan fingerprint density at radius 1 is 1.10 bits per heavy atom. The zero-order chi connectivity index (χ0) is 14.7. The molecule has 7 nitrogen and oxygen atoms in total. The summed E-state index contributed by atoms with van der Waals surface area (Å²) in [6.07, 6.45) is 0. The third-order valence-corrected chi connectivity index (χ3v) is 2.66. The highest BCUT2D eigenvalue weighted by Gasteiger charge is 2.15. The van der Waals surface area contributed by atoms with E-state index in [2.05, 4.69) is 6.07 Å². The zero-order valence-electron chi connectivity index (χ0n) is 10.4. The van der Waals surface area contributed by atoms with Gasteiger partial charge in [0.1, 0.15) is 5.75 Å². The second kappa shape index (κ2) is 5.35. The molecule has 0 saturated heterocycles. The molecule has 0 aliphatic rings. The minimum absolute atomic E-state index is 0.115. The van der Waals surface area contributed by atoms with E-state index in [1.165, 1.54) is 37.4 Å². The van der Waals surface area contributed by atoms with Crippen LogP contribution < -0.4 is 4.74 Å². The smallest absolute Gasteiger partial charge is 0.278 e. The first-order chi connectivity index (χ1) is 9.52. The monoisotopic (exact) mass is 273 g/mol. The molecule has 7 heteroatoms. The van der Waals surface area contributed by atoms with E-state index in [4.69, 9.17) is 4.74 Å². The highest BCUT2D eigenvalue weighted by molar-refractivity contribution is 5.73. The Morgan fingerprint density at radius 2 is 1.85 bits per heavy atom. The lowest BCUT2D eigenvalue weighted by Crippen LogP contribution is -1.93. The first-order valence-electron chi connectivity index (χ1n) is 5.52. The standard InChI is InChI=1S/C13H9N2O5/c1-20-13-8-11(15(18)19)5-6-12(13)9-3-2-4-10(7-9)14(16)17/h2-6,8H,1H3. The summed E-state index contributed by atoms with van der Waals surface area (Å²) < 4.78 is 5.10. The van der Waals surface area contributed by atoms with Gasteiger partial charge in [0.05, 0.1) is 29.1 Å². The van der Waals surface area contributed by atoms with E-state index in [9.17, 15) is 20.2 Å². The summed E-state index contributed by atoms with van der Waals surface area (Å²) in [5.41, 5.74) is 0.645. The lowest BCUT2D eigenvalue weighted by atomic mass is 10.0. The van der Waals surface area contributed by atoms with Crippen LogP contribution >= 0.6 is 0 Å². The Hall–Kier alpha value is -2.96. The fraction of sp³-hybridized carbons (Fsp3) is 0.0769. The van der Waals surface area contributed by atoms with Crippen molar-refractivity contribution in [1.29, 1.82) is 0 Å². The van der Waals surface area contributed by atoms with Gasteiger partial charge in [0.2, 0.25) is 0 Å². The van der Waals surface area contributed by atoms with Gasteiger partial charge in [0.15, 0.2) is 0 Å². The Morgan fingerprint density at radius 3 is 2.45 bits per heavy atom. The molecule has 0 spiro atoms. The van der Waals surface area contributed by atoms with Crippen LogP contribution in [0.1, 0.15) is 0 Å². The molecule has 20 heavy (non-hydrogen) atoms. The molecule has 2 aromatic carbocycles. The summed E-state index contributed by atoms with van der Waals surface area (Å²) in [5.74, 6) is 0.260. The Kier molecular flexibility index (Phi) is 3.60. The quantitative estimate of drug-likeness (QED) is 0.630. The number of non-ortho nitro benzene ring substituents is 2. The molecule has 0 aromatic heterocycles. The number of benzene rings is 2. The zero-order valence-corrected chi connectivity index (χ0v) is 10.4. The Balaban J connectivity index is 2.54. The van der Waals surface area contributed by atoms with Crippen molar-refractivity contribution in [1.82, 2.24) is 0 Å². The fourth-order valence-electron chi connectivity index (χ4n) is 1.74. The molecular weight excluding hydrogens is 264 g/mol. The number of nitro groups is 2. The molecule has 0 heterocycles. The lowest BCUT2D eigenvalue weighted by Gasteiger charge is -2.07. The molecule has 1 radical (unpaired) electrons. The number of hydrogen-bond donors (Lipinski definition) is 0. The van der Waals surface area contributed by atoms with Gasteiger partial charge in [-0.3, -0.25) is 20.2 Å². The van der Waals surface area contributed by atoms with E-state index < -0.39 is 9.85 Å². The third-order valence-electron chi connectivity index (χ3n) is 2.66. The maximum atomic E-state index is 10.7. The van der Waals surface area contributed by atoms with Gasteiger partial charge in [-0.15, -0.1) is 0 Å². The van der Waals surface area contributed by atoms with E-state index in [-0.39, 0.29) is 17.1 Å². The highest BCUT2D eigenvalue weighted by Crippen LogP contribution is 2.34. The van der Waals surface area contributed by atoms with Gasteiger partial charge in [0.25, 0.3) is 11.4 Å². The van der Waals surface area contributed by atoms with E-state index >= 15 is 0 Å². The molecule has 0 unspecified atom stereocenters. The minimum Gasteiger partial charge on any atom is -0.496 e. The highest BCUT2D eigenvalue weighted by atomic mass is 16.6. The van der Waals surface area contributed by atoms with Crippen molar-refractivity contribution in [2.24, 2.45) is 0 Å². The number of hydrogen-bond acceptors (Lipinski definition) is 5.